The average Bonchev–Trinajstić information content (AvgIpc) is 3.59. The molecule has 1 aromatic heterocycles. The molecule has 0 saturated carbocycles. The number of rotatable bonds is 6. The molecule has 6 amide bonds. The summed E-state index contributed by atoms with van der Waals surface area (Å²) in [5.74, 6) is -3.93. The summed E-state index contributed by atoms with van der Waals surface area (Å²) >= 11 is 0. The van der Waals surface area contributed by atoms with Crippen LogP contribution in [0, 0.1) is 5.41 Å². The van der Waals surface area contributed by atoms with Crippen LogP contribution in [-0.2, 0) is 46.3 Å². The molecule has 3 aromatic rings. The van der Waals surface area contributed by atoms with Gasteiger partial charge in [-0.25, -0.2) is 0 Å². The minimum Gasteiger partial charge on any atom is -0.391 e. The predicted octanol–water partition coefficient (Wildman–Crippen LogP) is -0.414. The van der Waals surface area contributed by atoms with E-state index in [9.17, 15) is 33.9 Å². The fraction of sp³-hybridized carbons (Fsp3) is 0.439. The topological polar surface area (TPSA) is 234 Å². The van der Waals surface area contributed by atoms with Gasteiger partial charge in [-0.15, -0.1) is 0 Å². The number of carbonyl (C=O) groups is 6. The van der Waals surface area contributed by atoms with Crippen LogP contribution in [0.2, 0.25) is 0 Å². The molecule has 3 heterocycles. The highest BCUT2D eigenvalue weighted by Crippen LogP contribution is 2.27. The SMILES string of the molecule is CC(C)(C)[C@@H]1NC(=O)COCCNC(=O)[C@@H](CN)NC(=O)[C@@H](Cc2ccncc2)NC(=O)[C@@H](Cc2ccc(-c3ccccc3)cc2)NC(=O)[C@@H]2C[C@@H](O)CN2C1=O. The van der Waals surface area contributed by atoms with Crippen LogP contribution in [0.15, 0.2) is 79.1 Å². The number of nitrogens with two attached hydrogens (primary N) is 1. The number of benzene rings is 2. The fourth-order valence-corrected chi connectivity index (χ4v) is 6.77. The highest BCUT2D eigenvalue weighted by Gasteiger charge is 2.45. The Hall–Kier alpha value is -5.71. The van der Waals surface area contributed by atoms with Crippen molar-refractivity contribution < 1.29 is 38.6 Å². The highest BCUT2D eigenvalue weighted by atomic mass is 16.5. The van der Waals surface area contributed by atoms with Gasteiger partial charge >= 0.3 is 0 Å². The Bertz CT molecular complexity index is 1870. The standard InChI is InChI=1S/C41H52N8O8/c1-41(2,3)35-40(56)49-23-29(50)21-33(49)39(55)46-31(19-25-9-11-28(12-10-25)27-7-5-4-6-8-27)37(53)45-30(20-26-13-15-43-16-14-26)38(54)47-32(22-42)36(52)44-17-18-57-24-34(51)48-35/h4-16,29-33,35,50H,17-24,42H2,1-3H3,(H,44,52)(H,45,53)(H,46,55)(H,47,54)(H,48,51)/t29-,30-,31-,32-,33+,35-/m1/s1. The van der Waals surface area contributed by atoms with Crippen LogP contribution in [0.1, 0.15) is 38.3 Å². The van der Waals surface area contributed by atoms with Crippen molar-refractivity contribution in [3.05, 3.63) is 90.3 Å². The summed E-state index contributed by atoms with van der Waals surface area (Å²) in [6.07, 6.45) is 1.92. The van der Waals surface area contributed by atoms with E-state index in [0.29, 0.717) is 11.1 Å². The van der Waals surface area contributed by atoms with Crippen molar-refractivity contribution in [3.63, 3.8) is 0 Å². The van der Waals surface area contributed by atoms with Crippen molar-refractivity contribution in [2.24, 2.45) is 11.1 Å². The maximum atomic E-state index is 14.4. The molecule has 5 rings (SSSR count). The average molecular weight is 785 g/mol. The molecule has 2 aromatic carbocycles. The number of aliphatic hydroxyl groups is 1. The van der Waals surface area contributed by atoms with Gasteiger partial charge in [0.15, 0.2) is 0 Å². The largest absolute Gasteiger partial charge is 0.391 e. The first kappa shape index (κ1) is 42.4. The molecule has 2 aliphatic rings. The van der Waals surface area contributed by atoms with E-state index in [4.69, 9.17) is 10.5 Å². The summed E-state index contributed by atoms with van der Waals surface area (Å²) in [7, 11) is 0. The number of nitrogens with zero attached hydrogens (tertiary/aromatic N) is 2. The minimum absolute atomic E-state index is 0.00556. The fourth-order valence-electron chi connectivity index (χ4n) is 6.77. The smallest absolute Gasteiger partial charge is 0.246 e. The summed E-state index contributed by atoms with van der Waals surface area (Å²) in [6.45, 7) is 4.30. The molecule has 2 aliphatic heterocycles. The number of aliphatic hydroxyl groups excluding tert-OH is 1. The second-order valence-corrected chi connectivity index (χ2v) is 15.4. The van der Waals surface area contributed by atoms with Gasteiger partial charge in [0.1, 0.15) is 36.8 Å². The molecule has 16 nitrogen and oxygen atoms in total. The number of amides is 6. The van der Waals surface area contributed by atoms with E-state index in [1.807, 2.05) is 54.6 Å². The van der Waals surface area contributed by atoms with Gasteiger partial charge in [-0.1, -0.05) is 75.4 Å². The molecule has 16 heteroatoms. The third-order valence-corrected chi connectivity index (χ3v) is 9.89. The minimum atomic E-state index is -1.26. The van der Waals surface area contributed by atoms with Gasteiger partial charge in [0, 0.05) is 51.3 Å². The summed E-state index contributed by atoms with van der Waals surface area (Å²) in [6, 6.07) is 14.6. The van der Waals surface area contributed by atoms with E-state index < -0.39 is 83.8 Å². The first-order valence-electron chi connectivity index (χ1n) is 19.0. The third-order valence-electron chi connectivity index (χ3n) is 9.89. The molecule has 2 saturated heterocycles. The lowest BCUT2D eigenvalue weighted by Gasteiger charge is -2.35. The number of fused-ring (bicyclic) bond motifs is 1. The first-order valence-corrected chi connectivity index (χ1v) is 19.0. The maximum absolute atomic E-state index is 14.4. The highest BCUT2D eigenvalue weighted by molar-refractivity contribution is 5.97. The quantitative estimate of drug-likeness (QED) is 0.171. The summed E-state index contributed by atoms with van der Waals surface area (Å²) in [4.78, 5) is 87.9. The number of pyridine rings is 1. The van der Waals surface area contributed by atoms with Crippen LogP contribution in [0.5, 0.6) is 0 Å². The molecular formula is C41H52N8O8. The van der Waals surface area contributed by atoms with E-state index in [1.54, 1.807) is 45.3 Å². The lowest BCUT2D eigenvalue weighted by atomic mass is 9.85. The second kappa shape index (κ2) is 19.4. The Morgan fingerprint density at radius 1 is 0.754 bits per heavy atom. The number of ether oxygens (including phenoxy) is 1. The third kappa shape index (κ3) is 11.7. The van der Waals surface area contributed by atoms with Crippen molar-refractivity contribution in [3.8, 4) is 11.1 Å². The van der Waals surface area contributed by atoms with Crippen molar-refractivity contribution >= 4 is 35.4 Å². The Labute approximate surface area is 331 Å². The van der Waals surface area contributed by atoms with Crippen LogP contribution >= 0.6 is 0 Å². The van der Waals surface area contributed by atoms with Gasteiger partial charge in [0.05, 0.1) is 12.7 Å². The molecule has 0 unspecified atom stereocenters. The van der Waals surface area contributed by atoms with Crippen molar-refractivity contribution in [1.29, 1.82) is 0 Å². The van der Waals surface area contributed by atoms with Gasteiger partial charge in [-0.05, 0) is 39.8 Å². The van der Waals surface area contributed by atoms with Crippen LogP contribution < -0.4 is 32.3 Å². The predicted molar refractivity (Wildman–Crippen MR) is 210 cm³/mol. The Kier molecular flexibility index (Phi) is 14.5. The van der Waals surface area contributed by atoms with E-state index in [-0.39, 0.29) is 45.5 Å². The molecule has 0 radical (unpaired) electrons. The molecule has 8 N–H and O–H groups in total. The van der Waals surface area contributed by atoms with E-state index in [2.05, 4.69) is 31.6 Å². The number of hydrogen-bond donors (Lipinski definition) is 7. The number of aromatic nitrogens is 1. The van der Waals surface area contributed by atoms with E-state index >= 15 is 0 Å². The Morgan fingerprint density at radius 2 is 1.33 bits per heavy atom. The van der Waals surface area contributed by atoms with Crippen LogP contribution in [0.4, 0.5) is 0 Å². The maximum Gasteiger partial charge on any atom is 0.246 e. The number of carbonyl (C=O) groups excluding carboxylic acids is 6. The summed E-state index contributed by atoms with van der Waals surface area (Å²) in [5, 5.41) is 24.3. The molecule has 0 aliphatic carbocycles. The van der Waals surface area contributed by atoms with Crippen molar-refractivity contribution in [2.75, 3.05) is 32.8 Å². The Balaban J connectivity index is 1.50. The lowest BCUT2D eigenvalue weighted by Crippen LogP contribution is -2.61. The van der Waals surface area contributed by atoms with Crippen LogP contribution in [-0.4, -0.2) is 120 Å². The van der Waals surface area contributed by atoms with Gasteiger partial charge in [0.25, 0.3) is 0 Å². The molecule has 0 bridgehead atoms. The zero-order valence-corrected chi connectivity index (χ0v) is 32.4. The van der Waals surface area contributed by atoms with Crippen LogP contribution in [0.25, 0.3) is 11.1 Å². The van der Waals surface area contributed by atoms with Crippen molar-refractivity contribution in [1.82, 2.24) is 36.5 Å². The molecule has 2 fully saturated rings. The van der Waals surface area contributed by atoms with Gasteiger partial charge in [-0.3, -0.25) is 33.8 Å². The Morgan fingerprint density at radius 3 is 1.95 bits per heavy atom. The molecule has 6 atom stereocenters. The first-order chi connectivity index (χ1) is 27.2. The molecule has 57 heavy (non-hydrogen) atoms. The monoisotopic (exact) mass is 784 g/mol. The normalized spacial score (nSPS) is 24.9. The van der Waals surface area contributed by atoms with Crippen LogP contribution in [0.3, 0.4) is 0 Å². The molecular weight excluding hydrogens is 732 g/mol. The van der Waals surface area contributed by atoms with E-state index in [0.717, 1.165) is 11.1 Å². The van der Waals surface area contributed by atoms with E-state index in [1.165, 1.54) is 4.90 Å². The number of hydrogen-bond acceptors (Lipinski definition) is 10. The van der Waals surface area contributed by atoms with Gasteiger partial charge in [-0.2, -0.15) is 0 Å². The molecule has 304 valence electrons. The van der Waals surface area contributed by atoms with Crippen molar-refractivity contribution in [2.45, 2.75) is 76.3 Å². The second-order valence-electron chi connectivity index (χ2n) is 15.4. The summed E-state index contributed by atoms with van der Waals surface area (Å²) in [5.41, 5.74) is 8.35. The summed E-state index contributed by atoms with van der Waals surface area (Å²) < 4.78 is 5.46. The van der Waals surface area contributed by atoms with Gasteiger partial charge in [0.2, 0.25) is 35.4 Å². The lowest BCUT2D eigenvalue weighted by molar-refractivity contribution is -0.145. The van der Waals surface area contributed by atoms with Gasteiger partial charge < -0.3 is 47.1 Å². The zero-order valence-electron chi connectivity index (χ0n) is 32.4. The molecule has 0 spiro atoms. The zero-order chi connectivity index (χ0) is 41.1. The number of nitrogens with one attached hydrogen (secondary N) is 5.